The number of rotatable bonds is 5. The molecular formula is C15H21F3N2O2. The van der Waals surface area contributed by atoms with E-state index in [9.17, 15) is 18.0 Å². The van der Waals surface area contributed by atoms with Gasteiger partial charge in [-0.25, -0.2) is 4.79 Å². The van der Waals surface area contributed by atoms with Crippen molar-refractivity contribution in [1.29, 1.82) is 0 Å². The molecule has 4 nitrogen and oxygen atoms in total. The molecule has 7 heteroatoms. The molecule has 0 heterocycles. The summed E-state index contributed by atoms with van der Waals surface area (Å²) >= 11 is 0. The summed E-state index contributed by atoms with van der Waals surface area (Å²) in [6.45, 7) is 6.22. The molecule has 0 aliphatic carbocycles. The van der Waals surface area contributed by atoms with E-state index in [2.05, 4.69) is 10.1 Å². The third-order valence-electron chi connectivity index (χ3n) is 3.27. The molecule has 1 unspecified atom stereocenters. The van der Waals surface area contributed by atoms with Crippen LogP contribution in [-0.2, 0) is 6.54 Å². The van der Waals surface area contributed by atoms with E-state index in [0.29, 0.717) is 18.0 Å². The lowest BCUT2D eigenvalue weighted by molar-refractivity contribution is -0.274. The summed E-state index contributed by atoms with van der Waals surface area (Å²) in [6, 6.07) is 5.26. The fourth-order valence-corrected chi connectivity index (χ4v) is 1.61. The Morgan fingerprint density at radius 1 is 1.23 bits per heavy atom. The fourth-order valence-electron chi connectivity index (χ4n) is 1.61. The van der Waals surface area contributed by atoms with Crippen molar-refractivity contribution >= 4 is 6.03 Å². The van der Waals surface area contributed by atoms with Gasteiger partial charge in [-0.3, -0.25) is 0 Å². The Bertz CT molecular complexity index is 487. The molecule has 1 aromatic carbocycles. The number of amides is 2. The second-order valence-electron chi connectivity index (χ2n) is 5.53. The van der Waals surface area contributed by atoms with Crippen molar-refractivity contribution in [1.82, 2.24) is 10.2 Å². The number of hydrogen-bond acceptors (Lipinski definition) is 2. The minimum absolute atomic E-state index is 0.0394. The van der Waals surface area contributed by atoms with E-state index in [1.54, 1.807) is 7.05 Å². The quantitative estimate of drug-likeness (QED) is 0.898. The zero-order chi connectivity index (χ0) is 16.9. The second kappa shape index (κ2) is 7.38. The summed E-state index contributed by atoms with van der Waals surface area (Å²) in [5.41, 5.74) is 0.712. The number of ether oxygens (including phenoxy) is 1. The number of alkyl halides is 3. The van der Waals surface area contributed by atoms with Crippen molar-refractivity contribution in [2.24, 2.45) is 5.92 Å². The van der Waals surface area contributed by atoms with Crippen molar-refractivity contribution in [3.05, 3.63) is 29.8 Å². The van der Waals surface area contributed by atoms with Crippen LogP contribution in [0.3, 0.4) is 0 Å². The maximum atomic E-state index is 12.1. The average molecular weight is 318 g/mol. The molecule has 0 fully saturated rings. The van der Waals surface area contributed by atoms with Gasteiger partial charge in [0.2, 0.25) is 0 Å². The highest BCUT2D eigenvalue weighted by Gasteiger charge is 2.30. The van der Waals surface area contributed by atoms with Gasteiger partial charge in [0.05, 0.1) is 0 Å². The summed E-state index contributed by atoms with van der Waals surface area (Å²) in [6.07, 6.45) is -4.70. The van der Waals surface area contributed by atoms with Gasteiger partial charge in [-0.15, -0.1) is 13.2 Å². The van der Waals surface area contributed by atoms with Crippen molar-refractivity contribution in [3.8, 4) is 5.75 Å². The van der Waals surface area contributed by atoms with Crippen LogP contribution < -0.4 is 10.1 Å². The number of halogens is 3. The number of nitrogens with one attached hydrogen (secondary N) is 1. The van der Waals surface area contributed by atoms with Gasteiger partial charge in [-0.2, -0.15) is 0 Å². The molecule has 0 aliphatic heterocycles. The first-order chi connectivity index (χ1) is 10.1. The Balaban J connectivity index is 2.57. The summed E-state index contributed by atoms with van der Waals surface area (Å²) in [5.74, 6) is 0.0351. The smallest absolute Gasteiger partial charge is 0.406 e. The van der Waals surface area contributed by atoms with Crippen LogP contribution >= 0.6 is 0 Å². The molecule has 0 saturated carbocycles. The molecule has 0 spiro atoms. The van der Waals surface area contributed by atoms with Crippen LogP contribution in [0.5, 0.6) is 5.75 Å². The van der Waals surface area contributed by atoms with Crippen molar-refractivity contribution in [3.63, 3.8) is 0 Å². The molecular weight excluding hydrogens is 297 g/mol. The highest BCUT2D eigenvalue weighted by atomic mass is 19.4. The molecule has 1 atom stereocenters. The summed E-state index contributed by atoms with van der Waals surface area (Å²) in [7, 11) is 1.63. The Morgan fingerprint density at radius 3 is 2.23 bits per heavy atom. The predicted molar refractivity (Wildman–Crippen MR) is 77.4 cm³/mol. The van der Waals surface area contributed by atoms with Crippen LogP contribution in [0.2, 0.25) is 0 Å². The summed E-state index contributed by atoms with van der Waals surface area (Å²) in [5, 5.41) is 2.86. The Morgan fingerprint density at radius 2 is 1.77 bits per heavy atom. The number of carbonyl (C=O) groups is 1. The largest absolute Gasteiger partial charge is 0.573 e. The van der Waals surface area contributed by atoms with E-state index in [1.807, 2.05) is 20.8 Å². The van der Waals surface area contributed by atoms with E-state index in [4.69, 9.17) is 0 Å². The zero-order valence-electron chi connectivity index (χ0n) is 13.1. The third kappa shape index (κ3) is 6.24. The van der Waals surface area contributed by atoms with Crippen LogP contribution in [0.4, 0.5) is 18.0 Å². The molecule has 0 radical (unpaired) electrons. The number of nitrogens with zero attached hydrogens (tertiary/aromatic N) is 1. The molecule has 0 aliphatic rings. The molecule has 2 amide bonds. The van der Waals surface area contributed by atoms with Gasteiger partial charge < -0.3 is 15.0 Å². The van der Waals surface area contributed by atoms with E-state index in [-0.39, 0.29) is 17.8 Å². The average Bonchev–Trinajstić information content (AvgIpc) is 2.39. The monoisotopic (exact) mass is 318 g/mol. The molecule has 22 heavy (non-hydrogen) atoms. The van der Waals surface area contributed by atoms with Crippen LogP contribution in [0, 0.1) is 5.92 Å². The van der Waals surface area contributed by atoms with Crippen LogP contribution in [0.15, 0.2) is 24.3 Å². The van der Waals surface area contributed by atoms with Gasteiger partial charge in [0, 0.05) is 19.6 Å². The first-order valence-corrected chi connectivity index (χ1v) is 6.95. The van der Waals surface area contributed by atoms with Crippen molar-refractivity contribution < 1.29 is 22.7 Å². The second-order valence-corrected chi connectivity index (χ2v) is 5.53. The minimum Gasteiger partial charge on any atom is -0.406 e. The lowest BCUT2D eigenvalue weighted by atomic mass is 10.1. The minimum atomic E-state index is -4.70. The van der Waals surface area contributed by atoms with Crippen LogP contribution in [-0.4, -0.2) is 30.4 Å². The molecule has 0 aromatic heterocycles. The van der Waals surface area contributed by atoms with Crippen LogP contribution in [0.1, 0.15) is 26.3 Å². The topological polar surface area (TPSA) is 41.6 Å². The van der Waals surface area contributed by atoms with Crippen molar-refractivity contribution in [2.45, 2.75) is 39.7 Å². The van der Waals surface area contributed by atoms with Gasteiger partial charge in [-0.05, 0) is 30.5 Å². The first kappa shape index (κ1) is 18.1. The van der Waals surface area contributed by atoms with Gasteiger partial charge in [0.15, 0.2) is 0 Å². The molecule has 1 aromatic rings. The Labute approximate surface area is 128 Å². The van der Waals surface area contributed by atoms with E-state index in [1.165, 1.54) is 29.2 Å². The Hall–Kier alpha value is -1.92. The lowest BCUT2D eigenvalue weighted by Crippen LogP contribution is -2.43. The Kier molecular flexibility index (Phi) is 6.08. The van der Waals surface area contributed by atoms with Gasteiger partial charge >= 0.3 is 12.4 Å². The van der Waals surface area contributed by atoms with E-state index >= 15 is 0 Å². The normalized spacial score (nSPS) is 12.9. The van der Waals surface area contributed by atoms with Crippen LogP contribution in [0.25, 0.3) is 0 Å². The predicted octanol–water partition coefficient (Wildman–Crippen LogP) is 3.77. The fraction of sp³-hybridized carbons (Fsp3) is 0.533. The van der Waals surface area contributed by atoms with Gasteiger partial charge in [0.25, 0.3) is 0 Å². The summed E-state index contributed by atoms with van der Waals surface area (Å²) < 4.78 is 40.0. The lowest BCUT2D eigenvalue weighted by Gasteiger charge is -2.23. The maximum Gasteiger partial charge on any atom is 0.573 e. The van der Waals surface area contributed by atoms with Gasteiger partial charge in [-0.1, -0.05) is 26.0 Å². The summed E-state index contributed by atoms with van der Waals surface area (Å²) in [4.78, 5) is 13.4. The maximum absolute atomic E-state index is 12.1. The van der Waals surface area contributed by atoms with E-state index < -0.39 is 6.36 Å². The molecule has 1 rings (SSSR count). The standard InChI is InChI=1S/C15H21F3N2O2/c1-10(2)11(3)19-14(21)20(4)9-12-5-7-13(8-6-12)22-15(16,17)18/h5-8,10-11H,9H2,1-4H3,(H,19,21). The SMILES string of the molecule is CC(C)C(C)NC(=O)N(C)Cc1ccc(OC(F)(F)F)cc1. The van der Waals surface area contributed by atoms with E-state index in [0.717, 1.165) is 0 Å². The molecule has 1 N–H and O–H groups in total. The zero-order valence-corrected chi connectivity index (χ0v) is 13.1. The highest BCUT2D eigenvalue weighted by molar-refractivity contribution is 5.74. The van der Waals surface area contributed by atoms with Gasteiger partial charge in [0.1, 0.15) is 5.75 Å². The number of carbonyl (C=O) groups excluding carboxylic acids is 1. The molecule has 0 bridgehead atoms. The number of benzene rings is 1. The molecule has 0 saturated heterocycles. The number of hydrogen-bond donors (Lipinski definition) is 1. The third-order valence-corrected chi connectivity index (χ3v) is 3.27. The molecule has 124 valence electrons. The number of urea groups is 1. The first-order valence-electron chi connectivity index (χ1n) is 6.95. The van der Waals surface area contributed by atoms with Crippen molar-refractivity contribution in [2.75, 3.05) is 7.05 Å². The highest BCUT2D eigenvalue weighted by Crippen LogP contribution is 2.23.